The molecule has 13 heteroatoms. The monoisotopic (exact) mass is 835 g/mol. The van der Waals surface area contributed by atoms with Crippen LogP contribution in [0.1, 0.15) is 78.5 Å². The molecule has 0 bridgehead atoms. The zero-order chi connectivity index (χ0) is 42.1. The van der Waals surface area contributed by atoms with Gasteiger partial charge >= 0.3 is 20.0 Å². The number of para-hydroxylation sites is 1. The number of aromatic nitrogens is 3. The molecule has 0 amide bonds. The van der Waals surface area contributed by atoms with Crippen LogP contribution in [0.2, 0.25) is 5.04 Å². The van der Waals surface area contributed by atoms with Gasteiger partial charge in [0.25, 0.3) is 5.56 Å². The normalized spacial score (nSPS) is 14.8. The van der Waals surface area contributed by atoms with E-state index in [9.17, 15) is 0 Å². The highest BCUT2D eigenvalue weighted by Gasteiger charge is 2.55. The quantitative estimate of drug-likeness (QED) is 0.108. The summed E-state index contributed by atoms with van der Waals surface area (Å²) >= 11 is 1.25. The van der Waals surface area contributed by atoms with Crippen molar-refractivity contribution in [1.82, 2.24) is 14.1 Å². The second-order valence-electron chi connectivity index (χ2n) is 16.9. The fraction of sp³-hybridized carbons (Fsp3) is 0.391. The first-order valence-corrected chi connectivity index (χ1v) is 22.9. The van der Waals surface area contributed by atoms with Gasteiger partial charge in [-0.1, -0.05) is 99.6 Å². The Hall–Kier alpha value is -5.08. The van der Waals surface area contributed by atoms with Crippen molar-refractivity contribution in [3.63, 3.8) is 0 Å². The maximum Gasteiger partial charge on any atom is 0.333 e. The Kier molecular flexibility index (Phi) is 12.0. The smallest absolute Gasteiger partial charge is 0.333 e. The fourth-order valence-electron chi connectivity index (χ4n) is 8.08. The number of carbonyl (C=O) groups is 1. The number of aryl methyl sites for hydroxylation is 1. The molecule has 1 fully saturated rings. The summed E-state index contributed by atoms with van der Waals surface area (Å²) in [6, 6.07) is 27.3. The van der Waals surface area contributed by atoms with Crippen LogP contribution in [0.25, 0.3) is 21.0 Å². The number of hydrogen-bond donors (Lipinski definition) is 0. The Bertz CT molecular complexity index is 2480. The molecular weight excluding hydrogens is 783 g/mol. The van der Waals surface area contributed by atoms with Gasteiger partial charge in [-0.15, -0.1) is 11.3 Å². The average molecular weight is 836 g/mol. The van der Waals surface area contributed by atoms with E-state index in [2.05, 4.69) is 25.8 Å². The van der Waals surface area contributed by atoms with Crippen molar-refractivity contribution in [1.29, 1.82) is 0 Å². The first-order chi connectivity index (χ1) is 28.1. The predicted molar refractivity (Wildman–Crippen MR) is 233 cm³/mol. The van der Waals surface area contributed by atoms with Crippen LogP contribution in [0.5, 0.6) is 5.75 Å². The van der Waals surface area contributed by atoms with Gasteiger partial charge in [0.2, 0.25) is 5.89 Å². The molecule has 7 rings (SSSR count). The highest BCUT2D eigenvalue weighted by Crippen LogP contribution is 2.40. The molecule has 11 nitrogen and oxygen atoms in total. The van der Waals surface area contributed by atoms with Gasteiger partial charge in [0.1, 0.15) is 28.5 Å². The highest BCUT2D eigenvalue weighted by atomic mass is 32.1. The Balaban J connectivity index is 1.44. The van der Waals surface area contributed by atoms with E-state index in [1.54, 1.807) is 18.4 Å². The molecule has 1 atom stereocenters. The first kappa shape index (κ1) is 42.1. The number of hydrogen-bond acceptors (Lipinski definition) is 10. The molecule has 0 N–H and O–H groups in total. The molecule has 6 aromatic rings. The molecule has 0 unspecified atom stereocenters. The zero-order valence-corrected chi connectivity index (χ0v) is 36.8. The van der Waals surface area contributed by atoms with Gasteiger partial charge in [0.15, 0.2) is 0 Å². The van der Waals surface area contributed by atoms with E-state index >= 15 is 14.4 Å². The minimum Gasteiger partial charge on any atom is -0.508 e. The van der Waals surface area contributed by atoms with E-state index in [0.29, 0.717) is 53.0 Å². The van der Waals surface area contributed by atoms with E-state index in [0.717, 1.165) is 20.5 Å². The van der Waals surface area contributed by atoms with Gasteiger partial charge in [0, 0.05) is 18.8 Å². The summed E-state index contributed by atoms with van der Waals surface area (Å²) in [6.45, 7) is 16.3. The third kappa shape index (κ3) is 8.00. The molecule has 59 heavy (non-hydrogen) atoms. The molecule has 310 valence electrons. The van der Waals surface area contributed by atoms with Gasteiger partial charge in [0.05, 0.1) is 35.2 Å². The molecule has 0 saturated carbocycles. The maximum absolute atomic E-state index is 15.4. The summed E-state index contributed by atoms with van der Waals surface area (Å²) in [6.07, 6.45) is 3.42. The van der Waals surface area contributed by atoms with Crippen molar-refractivity contribution in [2.75, 3.05) is 13.2 Å². The Labute approximate surface area is 349 Å². The lowest BCUT2D eigenvalue weighted by Gasteiger charge is -2.43. The summed E-state index contributed by atoms with van der Waals surface area (Å²) in [7, 11) is -3.45. The number of rotatable bonds is 13. The second kappa shape index (κ2) is 16.9. The van der Waals surface area contributed by atoms with E-state index in [1.807, 2.05) is 106 Å². The van der Waals surface area contributed by atoms with Crippen molar-refractivity contribution >= 4 is 46.2 Å². The van der Waals surface area contributed by atoms with Crippen molar-refractivity contribution in [2.24, 2.45) is 0 Å². The van der Waals surface area contributed by atoms with E-state index < -0.39 is 42.2 Å². The van der Waals surface area contributed by atoms with Gasteiger partial charge in [-0.2, -0.15) is 0 Å². The van der Waals surface area contributed by atoms with Gasteiger partial charge in [-0.3, -0.25) is 14.2 Å². The van der Waals surface area contributed by atoms with Crippen LogP contribution >= 0.6 is 11.3 Å². The lowest BCUT2D eigenvalue weighted by Crippen LogP contribution is -2.69. The van der Waals surface area contributed by atoms with E-state index in [-0.39, 0.29) is 24.1 Å². The van der Waals surface area contributed by atoms with Crippen molar-refractivity contribution in [3.8, 4) is 16.5 Å². The minimum absolute atomic E-state index is 0.0102. The molecular formula is C46H53N3O8SSi. The molecule has 0 spiro atoms. The molecule has 4 heterocycles. The highest BCUT2D eigenvalue weighted by molar-refractivity contribution is 7.22. The molecule has 3 aromatic carbocycles. The van der Waals surface area contributed by atoms with Crippen molar-refractivity contribution in [3.05, 3.63) is 129 Å². The lowest BCUT2D eigenvalue weighted by atomic mass is 10.0. The summed E-state index contributed by atoms with van der Waals surface area (Å²) in [4.78, 5) is 51.0. The first-order valence-electron chi connectivity index (χ1n) is 20.2. The second-order valence-corrected chi connectivity index (χ2v) is 22.1. The van der Waals surface area contributed by atoms with E-state index in [4.69, 9.17) is 23.1 Å². The Morgan fingerprint density at radius 1 is 0.915 bits per heavy atom. The number of fused-ring (bicyclic) bond motifs is 1. The molecule has 1 aliphatic rings. The minimum atomic E-state index is -3.45. The number of ether oxygens (including phenoxy) is 3. The van der Waals surface area contributed by atoms with Crippen LogP contribution in [0, 0.1) is 6.92 Å². The van der Waals surface area contributed by atoms with Gasteiger partial charge in [-0.05, 0) is 74.5 Å². The third-order valence-corrected chi connectivity index (χ3v) is 17.3. The topological polar surface area (TPSA) is 124 Å². The Morgan fingerprint density at radius 3 is 2.10 bits per heavy atom. The molecule has 3 aromatic heterocycles. The summed E-state index contributed by atoms with van der Waals surface area (Å²) in [5.41, 5.74) is -1.71. The Morgan fingerprint density at radius 2 is 1.53 bits per heavy atom. The number of oxazole rings is 1. The lowest BCUT2D eigenvalue weighted by molar-refractivity contribution is -0.144. The van der Waals surface area contributed by atoms with Crippen LogP contribution in [-0.2, 0) is 30.8 Å². The molecule has 1 saturated heterocycles. The van der Waals surface area contributed by atoms with E-state index in [1.165, 1.54) is 23.8 Å². The standard InChI is InChI=1S/C46H53N3O8SSi/c1-30(2)55-36-22-16-15-21-35(36)37(56-32-23-26-53-27-24-32)29-48-42-38(31(3)39(58-42)40-47-25-28-54-40)41(50)49(44(48)52)46(7,8)43(51)57-59(45(4,5)6,33-17-11-9-12-18-33)34-19-13-10-14-20-34/h9-22,25,28,30,32,37H,23-24,26-27,29H2,1-8H3/t37-/m0/s1. The van der Waals surface area contributed by atoms with Crippen LogP contribution in [0.15, 0.2) is 111 Å². The largest absolute Gasteiger partial charge is 0.508 e. The third-order valence-electron chi connectivity index (χ3n) is 11.1. The van der Waals surface area contributed by atoms with Crippen molar-refractivity contribution in [2.45, 2.75) is 104 Å². The summed E-state index contributed by atoms with van der Waals surface area (Å²) < 4.78 is 34.2. The van der Waals surface area contributed by atoms with Gasteiger partial charge < -0.3 is 23.1 Å². The zero-order valence-electron chi connectivity index (χ0n) is 35.0. The number of benzene rings is 3. The van der Waals surface area contributed by atoms with Gasteiger partial charge in [-0.25, -0.2) is 14.3 Å². The summed E-state index contributed by atoms with van der Waals surface area (Å²) in [5, 5.41) is 1.52. The molecule has 0 radical (unpaired) electrons. The average Bonchev–Trinajstić information content (AvgIpc) is 3.87. The number of nitrogens with zero attached hydrogens (tertiary/aromatic N) is 3. The number of carbonyl (C=O) groups excluding carboxylic acids is 1. The van der Waals surface area contributed by atoms with Crippen molar-refractivity contribution < 1.29 is 27.8 Å². The fourth-order valence-corrected chi connectivity index (χ4v) is 13.8. The van der Waals surface area contributed by atoms with Crippen LogP contribution in [-0.4, -0.2) is 53.8 Å². The molecule has 1 aliphatic heterocycles. The predicted octanol–water partition coefficient (Wildman–Crippen LogP) is 7.75. The summed E-state index contributed by atoms with van der Waals surface area (Å²) in [5.74, 6) is 0.266. The van der Waals surface area contributed by atoms with Crippen LogP contribution in [0.4, 0.5) is 0 Å². The number of thiophene rings is 1. The maximum atomic E-state index is 15.4. The molecule has 0 aliphatic carbocycles. The van der Waals surface area contributed by atoms with Crippen LogP contribution in [0.3, 0.4) is 0 Å². The SMILES string of the molecule is Cc1c(-c2ncco2)sc2c1c(=O)n(C(C)(C)C(=O)O[Si](c1ccccc1)(c1ccccc1)C(C)(C)C)c(=O)n2C[C@H](OC1CCOCC1)c1ccccc1OC(C)C. The van der Waals surface area contributed by atoms with Crippen LogP contribution < -0.4 is 26.4 Å².